The maximum atomic E-state index is 12.7. The lowest BCUT2D eigenvalue weighted by atomic mass is 9.99. The lowest BCUT2D eigenvalue weighted by Crippen LogP contribution is -2.51. The van der Waals surface area contributed by atoms with Crippen molar-refractivity contribution in [2.45, 2.75) is 31.0 Å². The highest BCUT2D eigenvalue weighted by Gasteiger charge is 2.31. The number of ether oxygens (including phenoxy) is 1. The Labute approximate surface area is 179 Å². The van der Waals surface area contributed by atoms with Gasteiger partial charge < -0.3 is 26.2 Å². The molecule has 0 saturated heterocycles. The number of esters is 1. The molecule has 9 heteroatoms. The zero-order valence-corrected chi connectivity index (χ0v) is 17.0. The van der Waals surface area contributed by atoms with E-state index in [4.69, 9.17) is 5.73 Å². The first kappa shape index (κ1) is 23.6. The number of nitrogens with two attached hydrogens (primary N) is 1. The minimum absolute atomic E-state index is 0.0904. The summed E-state index contributed by atoms with van der Waals surface area (Å²) in [6.45, 7) is 0. The second kappa shape index (κ2) is 11.5. The van der Waals surface area contributed by atoms with E-state index in [1.54, 1.807) is 60.7 Å². The molecular formula is C22H25N3O6. The lowest BCUT2D eigenvalue weighted by molar-refractivity contribution is -0.141. The van der Waals surface area contributed by atoms with E-state index in [1.807, 2.05) is 0 Å². The fraction of sp³-hybridized carbons (Fsp3) is 0.273. The van der Waals surface area contributed by atoms with Crippen molar-refractivity contribution in [1.82, 2.24) is 10.6 Å². The van der Waals surface area contributed by atoms with Crippen molar-refractivity contribution in [1.29, 1.82) is 0 Å². The largest absolute Gasteiger partial charge is 0.469 e. The molecule has 2 aromatic rings. The summed E-state index contributed by atoms with van der Waals surface area (Å²) in [7, 11) is 1.20. The number of nitrogens with one attached hydrogen (secondary N) is 2. The Hall–Kier alpha value is -3.72. The van der Waals surface area contributed by atoms with Crippen LogP contribution in [0.1, 0.15) is 34.8 Å². The summed E-state index contributed by atoms with van der Waals surface area (Å²) in [5.74, 6) is -2.85. The third-order valence-corrected chi connectivity index (χ3v) is 4.59. The minimum Gasteiger partial charge on any atom is -0.469 e. The Bertz CT molecular complexity index is 904. The Morgan fingerprint density at radius 3 is 2.10 bits per heavy atom. The molecule has 0 saturated carbocycles. The molecule has 164 valence electrons. The average molecular weight is 427 g/mol. The molecule has 0 aliphatic rings. The van der Waals surface area contributed by atoms with E-state index < -0.39 is 41.9 Å². The number of benzene rings is 2. The standard InChI is InChI=1S/C22H25N3O6/c1-31-17(26)13-12-16(20(23)28)24-22(30)19(27)18(14-8-4-2-5-9-14)25-21(29)15-10-6-3-7-11-15/h2-11,16,18-19,27H,12-13H2,1H3,(H2,23,28)(H,24,30)(H,25,29)/t16-,18-,19+/m0/s1. The smallest absolute Gasteiger partial charge is 0.305 e. The topological polar surface area (TPSA) is 148 Å². The van der Waals surface area contributed by atoms with Gasteiger partial charge in [-0.3, -0.25) is 19.2 Å². The quantitative estimate of drug-likeness (QED) is 0.405. The third kappa shape index (κ3) is 6.93. The average Bonchev–Trinajstić information content (AvgIpc) is 2.80. The molecule has 0 bridgehead atoms. The fourth-order valence-corrected chi connectivity index (χ4v) is 2.88. The number of aliphatic hydroxyl groups excluding tert-OH is 1. The van der Waals surface area contributed by atoms with Gasteiger partial charge in [-0.2, -0.15) is 0 Å². The summed E-state index contributed by atoms with van der Waals surface area (Å²) >= 11 is 0. The normalized spacial score (nSPS) is 13.4. The van der Waals surface area contributed by atoms with Gasteiger partial charge >= 0.3 is 5.97 Å². The summed E-state index contributed by atoms with van der Waals surface area (Å²) in [6, 6.07) is 14.5. The van der Waals surface area contributed by atoms with Gasteiger partial charge in [0.25, 0.3) is 11.8 Å². The highest BCUT2D eigenvalue weighted by atomic mass is 16.5. The van der Waals surface area contributed by atoms with Gasteiger partial charge in [0.1, 0.15) is 6.04 Å². The van der Waals surface area contributed by atoms with Crippen LogP contribution in [0.2, 0.25) is 0 Å². The first-order chi connectivity index (χ1) is 14.8. The van der Waals surface area contributed by atoms with E-state index in [0.717, 1.165) is 0 Å². The number of aliphatic hydroxyl groups is 1. The van der Waals surface area contributed by atoms with E-state index in [0.29, 0.717) is 11.1 Å². The molecule has 0 radical (unpaired) electrons. The number of rotatable bonds is 10. The second-order valence-electron chi connectivity index (χ2n) is 6.75. The summed E-state index contributed by atoms with van der Waals surface area (Å²) in [4.78, 5) is 48.3. The van der Waals surface area contributed by atoms with E-state index in [9.17, 15) is 24.3 Å². The van der Waals surface area contributed by atoms with Gasteiger partial charge in [-0.05, 0) is 24.1 Å². The number of carbonyl (C=O) groups is 4. The van der Waals surface area contributed by atoms with Crippen LogP contribution >= 0.6 is 0 Å². The molecule has 0 heterocycles. The van der Waals surface area contributed by atoms with Gasteiger partial charge in [0.15, 0.2) is 6.10 Å². The van der Waals surface area contributed by atoms with Crippen LogP contribution in [0.15, 0.2) is 60.7 Å². The van der Waals surface area contributed by atoms with Gasteiger partial charge in [-0.15, -0.1) is 0 Å². The van der Waals surface area contributed by atoms with Crippen LogP contribution in [0.4, 0.5) is 0 Å². The Morgan fingerprint density at radius 1 is 0.968 bits per heavy atom. The number of methoxy groups -OCH3 is 1. The number of hydrogen-bond donors (Lipinski definition) is 4. The van der Waals surface area contributed by atoms with Crippen LogP contribution in [0.25, 0.3) is 0 Å². The first-order valence-corrected chi connectivity index (χ1v) is 9.59. The highest BCUT2D eigenvalue weighted by Crippen LogP contribution is 2.18. The molecular weight excluding hydrogens is 402 g/mol. The summed E-state index contributed by atoms with van der Waals surface area (Å²) in [5, 5.41) is 15.7. The fourth-order valence-electron chi connectivity index (χ4n) is 2.88. The van der Waals surface area contributed by atoms with Crippen LogP contribution in [0.5, 0.6) is 0 Å². The SMILES string of the molecule is COC(=O)CC[C@H](NC(=O)[C@H](O)[C@@H](NC(=O)c1ccccc1)c1ccccc1)C(N)=O. The maximum Gasteiger partial charge on any atom is 0.305 e. The number of amides is 3. The molecule has 9 nitrogen and oxygen atoms in total. The van der Waals surface area contributed by atoms with Gasteiger partial charge in [-0.25, -0.2) is 0 Å². The molecule has 0 aliphatic carbocycles. The molecule has 0 unspecified atom stereocenters. The minimum atomic E-state index is -1.73. The van der Waals surface area contributed by atoms with Crippen molar-refractivity contribution in [3.8, 4) is 0 Å². The van der Waals surface area contributed by atoms with Crippen LogP contribution in [-0.2, 0) is 19.1 Å². The van der Waals surface area contributed by atoms with Crippen LogP contribution < -0.4 is 16.4 Å². The predicted octanol–water partition coefficient (Wildman–Crippen LogP) is 0.442. The molecule has 2 aromatic carbocycles. The second-order valence-corrected chi connectivity index (χ2v) is 6.75. The zero-order valence-electron chi connectivity index (χ0n) is 17.0. The molecule has 3 atom stereocenters. The summed E-state index contributed by atoms with van der Waals surface area (Å²) in [5.41, 5.74) is 6.14. The van der Waals surface area contributed by atoms with Crippen LogP contribution in [-0.4, -0.2) is 48.1 Å². The van der Waals surface area contributed by atoms with Crippen molar-refractivity contribution in [3.05, 3.63) is 71.8 Å². The van der Waals surface area contributed by atoms with Crippen molar-refractivity contribution in [2.24, 2.45) is 5.73 Å². The van der Waals surface area contributed by atoms with Gasteiger partial charge in [0, 0.05) is 12.0 Å². The predicted molar refractivity (Wildman–Crippen MR) is 111 cm³/mol. The number of carbonyl (C=O) groups excluding carboxylic acids is 4. The van der Waals surface area contributed by atoms with Gasteiger partial charge in [-0.1, -0.05) is 48.5 Å². The molecule has 31 heavy (non-hydrogen) atoms. The molecule has 0 aromatic heterocycles. The molecule has 5 N–H and O–H groups in total. The first-order valence-electron chi connectivity index (χ1n) is 9.59. The number of hydrogen-bond acceptors (Lipinski definition) is 6. The van der Waals surface area contributed by atoms with E-state index >= 15 is 0 Å². The van der Waals surface area contributed by atoms with Gasteiger partial charge in [0.2, 0.25) is 5.91 Å². The Kier molecular flexibility index (Phi) is 8.71. The third-order valence-electron chi connectivity index (χ3n) is 4.59. The highest BCUT2D eigenvalue weighted by molar-refractivity contribution is 5.95. The molecule has 3 amide bonds. The molecule has 0 aliphatic heterocycles. The Morgan fingerprint density at radius 2 is 1.55 bits per heavy atom. The molecule has 2 rings (SSSR count). The van der Waals surface area contributed by atoms with Crippen LogP contribution in [0.3, 0.4) is 0 Å². The van der Waals surface area contributed by atoms with Crippen LogP contribution in [0, 0.1) is 0 Å². The van der Waals surface area contributed by atoms with Crippen molar-refractivity contribution < 1.29 is 29.0 Å². The monoisotopic (exact) mass is 427 g/mol. The zero-order chi connectivity index (χ0) is 22.8. The summed E-state index contributed by atoms with van der Waals surface area (Å²) in [6.07, 6.45) is -1.96. The van der Waals surface area contributed by atoms with E-state index in [-0.39, 0.29) is 12.8 Å². The maximum absolute atomic E-state index is 12.7. The number of primary amides is 1. The van der Waals surface area contributed by atoms with E-state index in [1.165, 1.54) is 7.11 Å². The van der Waals surface area contributed by atoms with Crippen molar-refractivity contribution in [2.75, 3.05) is 7.11 Å². The van der Waals surface area contributed by atoms with Crippen molar-refractivity contribution >= 4 is 23.7 Å². The molecule has 0 fully saturated rings. The lowest BCUT2D eigenvalue weighted by Gasteiger charge is -2.25. The van der Waals surface area contributed by atoms with Gasteiger partial charge in [0.05, 0.1) is 13.2 Å². The Balaban J connectivity index is 2.18. The van der Waals surface area contributed by atoms with E-state index in [2.05, 4.69) is 15.4 Å². The van der Waals surface area contributed by atoms with Crippen molar-refractivity contribution in [3.63, 3.8) is 0 Å². The summed E-state index contributed by atoms with van der Waals surface area (Å²) < 4.78 is 4.51. The molecule has 0 spiro atoms.